The minimum absolute atomic E-state index is 0.121. The van der Waals surface area contributed by atoms with Gasteiger partial charge < -0.3 is 20.8 Å². The van der Waals surface area contributed by atoms with Crippen molar-refractivity contribution < 1.29 is 29.4 Å². The first-order valence-corrected chi connectivity index (χ1v) is 5.58. The molecule has 1 saturated heterocycles. The maximum atomic E-state index is 11.7. The van der Waals surface area contributed by atoms with Crippen molar-refractivity contribution >= 4 is 23.8 Å². The molecule has 0 bridgehead atoms. The lowest BCUT2D eigenvalue weighted by Crippen LogP contribution is -2.57. The van der Waals surface area contributed by atoms with Crippen molar-refractivity contribution in [1.29, 1.82) is 0 Å². The number of aliphatic hydroxyl groups is 1. The second-order valence-corrected chi connectivity index (χ2v) is 4.07. The molecule has 4 N–H and O–H groups in total. The zero-order chi connectivity index (χ0) is 14.6. The highest BCUT2D eigenvalue weighted by Crippen LogP contribution is 2.11. The number of likely N-dealkylation sites (N-methyl/N-ethyl adjacent to an activating group) is 1. The fourth-order valence-electron chi connectivity index (χ4n) is 1.59. The first kappa shape index (κ1) is 14.9. The number of urea groups is 1. The number of rotatable bonds is 4. The van der Waals surface area contributed by atoms with Crippen molar-refractivity contribution in [1.82, 2.24) is 15.5 Å². The Morgan fingerprint density at radius 2 is 2.11 bits per heavy atom. The van der Waals surface area contributed by atoms with Crippen molar-refractivity contribution in [2.75, 3.05) is 13.7 Å². The van der Waals surface area contributed by atoms with Crippen LogP contribution in [-0.2, 0) is 14.4 Å². The van der Waals surface area contributed by atoms with Crippen LogP contribution < -0.4 is 10.6 Å². The fourth-order valence-corrected chi connectivity index (χ4v) is 1.59. The van der Waals surface area contributed by atoms with Gasteiger partial charge in [-0.25, -0.2) is 9.59 Å². The number of imide groups is 1. The van der Waals surface area contributed by atoms with Gasteiger partial charge in [-0.3, -0.25) is 14.5 Å². The third-order valence-corrected chi connectivity index (χ3v) is 2.74. The van der Waals surface area contributed by atoms with Gasteiger partial charge in [0.2, 0.25) is 5.91 Å². The number of aliphatic carboxylic acids is 1. The molecule has 1 aliphatic rings. The molecule has 106 valence electrons. The van der Waals surface area contributed by atoms with Crippen LogP contribution in [0.25, 0.3) is 0 Å². The maximum Gasteiger partial charge on any atom is 0.328 e. The molecule has 1 aliphatic heterocycles. The highest BCUT2D eigenvalue weighted by Gasteiger charge is 2.33. The standard InChI is InChI=1S/C10H15N3O6/c1-13-7(15)3-2-5(8(13)16)11-10(19)12-6(4-14)9(17)18/h5-6,14H,2-4H2,1H3,(H,17,18)(H2,11,12,19)/t5?,6-/m1/s1. The molecule has 0 saturated carbocycles. The van der Waals surface area contributed by atoms with Crippen LogP contribution in [0.4, 0.5) is 4.79 Å². The first-order valence-electron chi connectivity index (χ1n) is 5.58. The molecule has 1 fully saturated rings. The molecule has 0 aliphatic carbocycles. The van der Waals surface area contributed by atoms with E-state index in [1.807, 2.05) is 5.32 Å². The highest BCUT2D eigenvalue weighted by molar-refractivity contribution is 6.01. The summed E-state index contributed by atoms with van der Waals surface area (Å²) in [5.41, 5.74) is 0. The second kappa shape index (κ2) is 6.14. The highest BCUT2D eigenvalue weighted by atomic mass is 16.4. The summed E-state index contributed by atoms with van der Waals surface area (Å²) in [6.07, 6.45) is 0.280. The minimum atomic E-state index is -1.45. The monoisotopic (exact) mass is 273 g/mol. The van der Waals surface area contributed by atoms with Gasteiger partial charge in [0.25, 0.3) is 5.91 Å². The van der Waals surface area contributed by atoms with Gasteiger partial charge in [0.1, 0.15) is 6.04 Å². The van der Waals surface area contributed by atoms with Crippen LogP contribution in [0.2, 0.25) is 0 Å². The number of amides is 4. The summed E-state index contributed by atoms with van der Waals surface area (Å²) in [5.74, 6) is -2.27. The molecule has 2 atom stereocenters. The van der Waals surface area contributed by atoms with E-state index >= 15 is 0 Å². The number of carbonyl (C=O) groups is 4. The number of aliphatic hydroxyl groups excluding tert-OH is 1. The third kappa shape index (κ3) is 3.65. The summed E-state index contributed by atoms with van der Waals surface area (Å²) < 4.78 is 0. The van der Waals surface area contributed by atoms with Crippen molar-refractivity contribution in [3.05, 3.63) is 0 Å². The van der Waals surface area contributed by atoms with E-state index < -0.39 is 36.6 Å². The number of nitrogens with zero attached hydrogens (tertiary/aromatic N) is 1. The summed E-state index contributed by atoms with van der Waals surface area (Å²) in [7, 11) is 1.31. The van der Waals surface area contributed by atoms with Crippen molar-refractivity contribution in [3.63, 3.8) is 0 Å². The molecule has 1 rings (SSSR count). The molecule has 0 spiro atoms. The number of carbonyl (C=O) groups excluding carboxylic acids is 3. The van der Waals surface area contributed by atoms with E-state index in [1.54, 1.807) is 0 Å². The first-order chi connectivity index (χ1) is 8.86. The van der Waals surface area contributed by atoms with Gasteiger partial charge >= 0.3 is 12.0 Å². The Kier molecular flexibility index (Phi) is 4.81. The molecular weight excluding hydrogens is 258 g/mol. The number of nitrogens with one attached hydrogen (secondary N) is 2. The summed E-state index contributed by atoms with van der Waals surface area (Å²) in [6, 6.07) is -3.21. The van der Waals surface area contributed by atoms with Gasteiger partial charge in [-0.05, 0) is 6.42 Å². The van der Waals surface area contributed by atoms with Crippen LogP contribution in [0, 0.1) is 0 Å². The van der Waals surface area contributed by atoms with Crippen LogP contribution in [-0.4, -0.2) is 64.7 Å². The molecular formula is C10H15N3O6. The number of carboxylic acids is 1. The lowest BCUT2D eigenvalue weighted by Gasteiger charge is -2.28. The Bertz CT molecular complexity index is 410. The average Bonchev–Trinajstić information content (AvgIpc) is 2.36. The SMILES string of the molecule is CN1C(=O)CCC(NC(=O)N[C@H](CO)C(=O)O)C1=O. The van der Waals surface area contributed by atoms with Crippen LogP contribution >= 0.6 is 0 Å². The maximum absolute atomic E-state index is 11.7. The fraction of sp³-hybridized carbons (Fsp3) is 0.600. The lowest BCUT2D eigenvalue weighted by molar-refractivity contribution is -0.147. The molecule has 0 radical (unpaired) electrons. The Hall–Kier alpha value is -2.16. The lowest BCUT2D eigenvalue weighted by atomic mass is 10.1. The van der Waals surface area contributed by atoms with Gasteiger partial charge in [-0.15, -0.1) is 0 Å². The van der Waals surface area contributed by atoms with E-state index in [9.17, 15) is 19.2 Å². The van der Waals surface area contributed by atoms with Crippen LogP contribution in [0.1, 0.15) is 12.8 Å². The average molecular weight is 273 g/mol. The Morgan fingerprint density at radius 3 is 2.63 bits per heavy atom. The number of hydrogen-bond donors (Lipinski definition) is 4. The Balaban J connectivity index is 2.55. The molecule has 4 amide bonds. The predicted octanol–water partition coefficient (Wildman–Crippen LogP) is -2.12. The largest absolute Gasteiger partial charge is 0.480 e. The Labute approximate surface area is 108 Å². The second-order valence-electron chi connectivity index (χ2n) is 4.07. The van der Waals surface area contributed by atoms with Gasteiger partial charge in [-0.1, -0.05) is 0 Å². The van der Waals surface area contributed by atoms with Gasteiger partial charge in [0.05, 0.1) is 6.61 Å². The van der Waals surface area contributed by atoms with E-state index in [4.69, 9.17) is 10.2 Å². The third-order valence-electron chi connectivity index (χ3n) is 2.74. The molecule has 1 unspecified atom stereocenters. The quantitative estimate of drug-likeness (QED) is 0.432. The van der Waals surface area contributed by atoms with E-state index in [2.05, 4.69) is 5.32 Å². The predicted molar refractivity (Wildman–Crippen MR) is 61.0 cm³/mol. The number of piperidine rings is 1. The zero-order valence-corrected chi connectivity index (χ0v) is 10.3. The number of likely N-dealkylation sites (tertiary alicyclic amines) is 1. The van der Waals surface area contributed by atoms with Gasteiger partial charge in [0.15, 0.2) is 6.04 Å². The van der Waals surface area contributed by atoms with Crippen LogP contribution in [0.3, 0.4) is 0 Å². The van der Waals surface area contributed by atoms with Crippen LogP contribution in [0.15, 0.2) is 0 Å². The van der Waals surface area contributed by atoms with E-state index in [0.29, 0.717) is 0 Å². The summed E-state index contributed by atoms with van der Waals surface area (Å²) in [6.45, 7) is -0.764. The molecule has 9 heteroatoms. The summed E-state index contributed by atoms with van der Waals surface area (Å²) >= 11 is 0. The molecule has 0 aromatic rings. The number of carboxylic acid groups (broad SMARTS) is 1. The number of hydrogen-bond acceptors (Lipinski definition) is 5. The topological polar surface area (TPSA) is 136 Å². The van der Waals surface area contributed by atoms with Gasteiger partial charge in [0, 0.05) is 13.5 Å². The smallest absolute Gasteiger partial charge is 0.328 e. The minimum Gasteiger partial charge on any atom is -0.480 e. The molecule has 0 aromatic heterocycles. The van der Waals surface area contributed by atoms with E-state index in [1.165, 1.54) is 7.05 Å². The normalized spacial score (nSPS) is 20.9. The Morgan fingerprint density at radius 1 is 1.47 bits per heavy atom. The molecule has 9 nitrogen and oxygen atoms in total. The molecule has 19 heavy (non-hydrogen) atoms. The molecule has 1 heterocycles. The van der Waals surface area contributed by atoms with E-state index in [-0.39, 0.29) is 18.7 Å². The summed E-state index contributed by atoms with van der Waals surface area (Å²) in [5, 5.41) is 21.6. The van der Waals surface area contributed by atoms with Crippen molar-refractivity contribution in [3.8, 4) is 0 Å². The molecule has 0 aromatic carbocycles. The van der Waals surface area contributed by atoms with E-state index in [0.717, 1.165) is 4.90 Å². The van der Waals surface area contributed by atoms with Gasteiger partial charge in [-0.2, -0.15) is 0 Å². The zero-order valence-electron chi connectivity index (χ0n) is 10.3. The van der Waals surface area contributed by atoms with Crippen LogP contribution in [0.5, 0.6) is 0 Å². The van der Waals surface area contributed by atoms with Crippen molar-refractivity contribution in [2.45, 2.75) is 24.9 Å². The summed E-state index contributed by atoms with van der Waals surface area (Å²) in [4.78, 5) is 45.8. The van der Waals surface area contributed by atoms with Crippen molar-refractivity contribution in [2.24, 2.45) is 0 Å².